The first kappa shape index (κ1) is 25.4. The Labute approximate surface area is 232 Å². The fourth-order valence-electron chi connectivity index (χ4n) is 5.06. The van der Waals surface area contributed by atoms with Crippen molar-refractivity contribution in [3.8, 4) is 44.5 Å². The summed E-state index contributed by atoms with van der Waals surface area (Å²) in [4.78, 5) is 0. The van der Waals surface area contributed by atoms with Gasteiger partial charge >= 0.3 is 7.12 Å². The van der Waals surface area contributed by atoms with E-state index < -0.39 is 0 Å². The van der Waals surface area contributed by atoms with E-state index in [-0.39, 0.29) is 18.3 Å². The molecule has 0 aromatic heterocycles. The maximum Gasteiger partial charge on any atom is 0.494 e. The molecule has 0 amide bonds. The fourth-order valence-corrected chi connectivity index (χ4v) is 5.06. The van der Waals surface area contributed by atoms with E-state index in [9.17, 15) is 0 Å². The van der Waals surface area contributed by atoms with E-state index in [0.717, 1.165) is 11.0 Å². The van der Waals surface area contributed by atoms with Crippen molar-refractivity contribution < 1.29 is 9.31 Å². The van der Waals surface area contributed by atoms with Gasteiger partial charge in [0, 0.05) is 0 Å². The SMILES string of the molecule is CC1(C)OB(c2ccc(-c3cc(-c4ccccc4)cc(-c4ccc(-c5ccccc5)cc4)c3)cc2)OC1(C)C. The average molecular weight is 508 g/mol. The van der Waals surface area contributed by atoms with Crippen LogP contribution in [0.2, 0.25) is 0 Å². The zero-order valence-corrected chi connectivity index (χ0v) is 23.0. The molecule has 5 aromatic carbocycles. The van der Waals surface area contributed by atoms with Gasteiger partial charge in [-0.25, -0.2) is 0 Å². The lowest BCUT2D eigenvalue weighted by Gasteiger charge is -2.32. The number of benzene rings is 5. The zero-order valence-electron chi connectivity index (χ0n) is 23.0. The molecule has 3 heteroatoms. The summed E-state index contributed by atoms with van der Waals surface area (Å²) < 4.78 is 12.5. The minimum Gasteiger partial charge on any atom is -0.399 e. The Morgan fingerprint density at radius 1 is 0.385 bits per heavy atom. The highest BCUT2D eigenvalue weighted by Gasteiger charge is 2.51. The minimum atomic E-state index is -0.363. The van der Waals surface area contributed by atoms with Crippen molar-refractivity contribution in [2.45, 2.75) is 38.9 Å². The van der Waals surface area contributed by atoms with Crippen LogP contribution < -0.4 is 5.46 Å². The van der Waals surface area contributed by atoms with Crippen LogP contribution in [0.15, 0.2) is 127 Å². The van der Waals surface area contributed by atoms with Crippen molar-refractivity contribution >= 4 is 12.6 Å². The van der Waals surface area contributed by atoms with Crippen LogP contribution in [0.5, 0.6) is 0 Å². The van der Waals surface area contributed by atoms with Gasteiger partial charge in [0.1, 0.15) is 0 Å². The third-order valence-electron chi connectivity index (χ3n) is 8.13. The summed E-state index contributed by atoms with van der Waals surface area (Å²) >= 11 is 0. The molecule has 0 aliphatic carbocycles. The predicted octanol–water partition coefficient (Wildman–Crippen LogP) is 8.65. The molecule has 1 aliphatic rings. The quantitative estimate of drug-likeness (QED) is 0.221. The van der Waals surface area contributed by atoms with E-state index in [0.29, 0.717) is 0 Å². The Bertz CT molecular complexity index is 1560. The highest BCUT2D eigenvalue weighted by atomic mass is 16.7. The molecule has 1 fully saturated rings. The third kappa shape index (κ3) is 5.08. The lowest BCUT2D eigenvalue weighted by molar-refractivity contribution is 0.00578. The second-order valence-electron chi connectivity index (χ2n) is 11.3. The largest absolute Gasteiger partial charge is 0.494 e. The molecule has 1 heterocycles. The highest BCUT2D eigenvalue weighted by Crippen LogP contribution is 2.37. The molecule has 0 radical (unpaired) electrons. The van der Waals surface area contributed by atoms with Crippen molar-refractivity contribution in [1.29, 1.82) is 0 Å². The van der Waals surface area contributed by atoms with Gasteiger partial charge in [-0.2, -0.15) is 0 Å². The summed E-state index contributed by atoms with van der Waals surface area (Å²) in [6, 6.07) is 45.4. The van der Waals surface area contributed by atoms with Crippen LogP contribution in [0.1, 0.15) is 27.7 Å². The first-order chi connectivity index (χ1) is 18.8. The summed E-state index contributed by atoms with van der Waals surface area (Å²) in [7, 11) is -0.363. The maximum atomic E-state index is 6.27. The summed E-state index contributed by atoms with van der Waals surface area (Å²) in [5, 5.41) is 0. The summed E-state index contributed by atoms with van der Waals surface area (Å²) in [6.07, 6.45) is 0. The van der Waals surface area contributed by atoms with Crippen molar-refractivity contribution in [2.75, 3.05) is 0 Å². The molecule has 6 rings (SSSR count). The molecule has 0 atom stereocenters. The van der Waals surface area contributed by atoms with Gasteiger partial charge in [-0.3, -0.25) is 0 Å². The van der Waals surface area contributed by atoms with E-state index >= 15 is 0 Å². The van der Waals surface area contributed by atoms with Gasteiger partial charge in [-0.05, 0) is 95.9 Å². The van der Waals surface area contributed by atoms with Crippen molar-refractivity contribution in [3.05, 3.63) is 127 Å². The van der Waals surface area contributed by atoms with Gasteiger partial charge in [0.15, 0.2) is 0 Å². The van der Waals surface area contributed by atoms with Crippen LogP contribution in [-0.2, 0) is 9.31 Å². The van der Waals surface area contributed by atoms with Crippen molar-refractivity contribution in [3.63, 3.8) is 0 Å². The van der Waals surface area contributed by atoms with Crippen molar-refractivity contribution in [1.82, 2.24) is 0 Å². The second-order valence-corrected chi connectivity index (χ2v) is 11.3. The Hall–Kier alpha value is -3.92. The Balaban J connectivity index is 1.36. The van der Waals surface area contributed by atoms with Crippen molar-refractivity contribution in [2.24, 2.45) is 0 Å². The molecule has 0 saturated carbocycles. The Morgan fingerprint density at radius 2 is 0.692 bits per heavy atom. The van der Waals surface area contributed by atoms with Gasteiger partial charge in [-0.15, -0.1) is 0 Å². The third-order valence-corrected chi connectivity index (χ3v) is 8.13. The van der Waals surface area contributed by atoms with Gasteiger partial charge in [0.25, 0.3) is 0 Å². The molecule has 0 N–H and O–H groups in total. The summed E-state index contributed by atoms with van der Waals surface area (Å²) in [6.45, 7) is 8.35. The fraction of sp³-hybridized carbons (Fsp3) is 0.167. The molecular weight excluding hydrogens is 475 g/mol. The number of hydrogen-bond donors (Lipinski definition) is 0. The van der Waals surface area contributed by atoms with Gasteiger partial charge in [0.05, 0.1) is 11.2 Å². The first-order valence-corrected chi connectivity index (χ1v) is 13.6. The molecule has 2 nitrogen and oxygen atoms in total. The van der Waals surface area contributed by atoms with Gasteiger partial charge < -0.3 is 9.31 Å². The molecule has 192 valence electrons. The molecule has 39 heavy (non-hydrogen) atoms. The van der Waals surface area contributed by atoms with Crippen LogP contribution in [0.4, 0.5) is 0 Å². The topological polar surface area (TPSA) is 18.5 Å². The predicted molar refractivity (Wildman–Crippen MR) is 164 cm³/mol. The number of rotatable bonds is 5. The van der Waals surface area contributed by atoms with E-state index in [2.05, 4.69) is 155 Å². The van der Waals surface area contributed by atoms with E-state index in [4.69, 9.17) is 9.31 Å². The smallest absolute Gasteiger partial charge is 0.399 e. The first-order valence-electron chi connectivity index (χ1n) is 13.6. The second kappa shape index (κ2) is 10.00. The van der Waals surface area contributed by atoms with Gasteiger partial charge in [0.2, 0.25) is 0 Å². The van der Waals surface area contributed by atoms with Crippen LogP contribution in [0.25, 0.3) is 44.5 Å². The van der Waals surface area contributed by atoms with E-state index in [1.807, 2.05) is 0 Å². The van der Waals surface area contributed by atoms with Crippen LogP contribution >= 0.6 is 0 Å². The Morgan fingerprint density at radius 3 is 1.10 bits per heavy atom. The summed E-state index contributed by atoms with van der Waals surface area (Å²) in [5.41, 5.74) is 9.91. The maximum absolute atomic E-state index is 6.27. The van der Waals surface area contributed by atoms with Crippen LogP contribution in [-0.4, -0.2) is 18.3 Å². The lowest BCUT2D eigenvalue weighted by atomic mass is 9.78. The minimum absolute atomic E-state index is 0.356. The molecule has 1 saturated heterocycles. The molecular formula is C36H33BO2. The molecule has 0 bridgehead atoms. The van der Waals surface area contributed by atoms with E-state index in [1.165, 1.54) is 38.9 Å². The average Bonchev–Trinajstić information content (AvgIpc) is 3.20. The Kier molecular flexibility index (Phi) is 6.50. The standard InChI is InChI=1S/C36H33BO2/c1-35(2)36(3,4)39-37(38-35)34-21-19-30(20-22-34)33-24-31(27-13-9-6-10-14-27)23-32(25-33)29-17-15-28(16-18-29)26-11-7-5-8-12-26/h5-25H,1-4H3. The number of hydrogen-bond acceptors (Lipinski definition) is 2. The highest BCUT2D eigenvalue weighted by molar-refractivity contribution is 6.62. The molecule has 1 aliphatic heterocycles. The zero-order chi connectivity index (χ0) is 27.0. The normalized spacial score (nSPS) is 15.8. The van der Waals surface area contributed by atoms with Crippen LogP contribution in [0.3, 0.4) is 0 Å². The molecule has 0 unspecified atom stereocenters. The molecule has 0 spiro atoms. The van der Waals surface area contributed by atoms with Crippen LogP contribution in [0, 0.1) is 0 Å². The monoisotopic (exact) mass is 508 g/mol. The van der Waals surface area contributed by atoms with E-state index in [1.54, 1.807) is 0 Å². The molecule has 5 aromatic rings. The van der Waals surface area contributed by atoms with Gasteiger partial charge in [-0.1, -0.05) is 109 Å². The lowest BCUT2D eigenvalue weighted by Crippen LogP contribution is -2.41. The summed E-state index contributed by atoms with van der Waals surface area (Å²) in [5.74, 6) is 0.